The predicted octanol–water partition coefficient (Wildman–Crippen LogP) is 2.35. The van der Waals surface area contributed by atoms with Crippen LogP contribution in [0.3, 0.4) is 0 Å². The molecule has 172 valence electrons. The van der Waals surface area contributed by atoms with E-state index in [1.807, 2.05) is 21.1 Å². The second-order valence-corrected chi connectivity index (χ2v) is 10.4. The third-order valence-corrected chi connectivity index (χ3v) is 8.47. The Labute approximate surface area is 193 Å². The highest BCUT2D eigenvalue weighted by Crippen LogP contribution is 2.41. The number of aromatic nitrogens is 2. The third-order valence-electron chi connectivity index (χ3n) is 7.29. The first kappa shape index (κ1) is 20.6. The van der Waals surface area contributed by atoms with Gasteiger partial charge in [-0.15, -0.1) is 11.3 Å². The van der Waals surface area contributed by atoms with E-state index >= 15 is 0 Å². The molecule has 1 aliphatic carbocycles. The second-order valence-electron chi connectivity index (χ2n) is 9.34. The molecule has 0 aromatic carbocycles. The van der Waals surface area contributed by atoms with Crippen LogP contribution in [-0.4, -0.2) is 96.3 Å². The Hall–Kier alpha value is -1.97. The number of nitrogens with zero attached hydrogens (tertiary/aromatic N) is 6. The molecule has 0 spiro atoms. The Balaban J connectivity index is 1.26. The standard InChI is InChI=1S/C23H32N6O2S/c30-23(28-6-1-2-7-28)29-10-8-27(9-11-29)21-20-17-4-3-5-18(17)32-22(20)25-19(24-21)16-26-12-14-31-15-13-26/h1-16H2. The van der Waals surface area contributed by atoms with Crippen molar-refractivity contribution in [2.45, 2.75) is 38.6 Å². The highest BCUT2D eigenvalue weighted by atomic mass is 32.1. The van der Waals surface area contributed by atoms with Crippen LogP contribution in [0.2, 0.25) is 0 Å². The summed E-state index contributed by atoms with van der Waals surface area (Å²) in [6, 6.07) is 0.222. The van der Waals surface area contributed by atoms with Gasteiger partial charge in [0.05, 0.1) is 25.1 Å². The topological polar surface area (TPSA) is 65.0 Å². The molecule has 3 saturated heterocycles. The molecule has 3 fully saturated rings. The van der Waals surface area contributed by atoms with Crippen molar-refractivity contribution >= 4 is 33.4 Å². The normalized spacial score (nSPS) is 22.2. The summed E-state index contributed by atoms with van der Waals surface area (Å²) < 4.78 is 5.51. The zero-order valence-electron chi connectivity index (χ0n) is 18.7. The van der Waals surface area contributed by atoms with Crippen LogP contribution < -0.4 is 4.90 Å². The molecule has 6 rings (SSSR count). The number of ether oxygens (including phenoxy) is 1. The van der Waals surface area contributed by atoms with Crippen LogP contribution in [0.5, 0.6) is 0 Å². The van der Waals surface area contributed by atoms with E-state index in [1.54, 1.807) is 0 Å². The number of carbonyl (C=O) groups is 1. The van der Waals surface area contributed by atoms with E-state index < -0.39 is 0 Å². The van der Waals surface area contributed by atoms with E-state index in [2.05, 4.69) is 9.80 Å². The van der Waals surface area contributed by atoms with E-state index in [1.165, 1.54) is 28.7 Å². The summed E-state index contributed by atoms with van der Waals surface area (Å²) in [5.41, 5.74) is 1.48. The van der Waals surface area contributed by atoms with Gasteiger partial charge in [-0.25, -0.2) is 14.8 Å². The van der Waals surface area contributed by atoms with Crippen LogP contribution in [0.1, 0.15) is 35.5 Å². The Bertz CT molecular complexity index is 990. The maximum Gasteiger partial charge on any atom is 0.320 e. The molecule has 5 heterocycles. The summed E-state index contributed by atoms with van der Waals surface area (Å²) in [7, 11) is 0. The fraction of sp³-hybridized carbons (Fsp3) is 0.696. The molecule has 8 nitrogen and oxygen atoms in total. The molecule has 32 heavy (non-hydrogen) atoms. The number of thiophene rings is 1. The molecular formula is C23H32N6O2S. The van der Waals surface area contributed by atoms with Crippen molar-refractivity contribution in [3.05, 3.63) is 16.3 Å². The first-order chi connectivity index (χ1) is 15.8. The lowest BCUT2D eigenvalue weighted by Crippen LogP contribution is -2.52. The number of hydrogen-bond donors (Lipinski definition) is 0. The van der Waals surface area contributed by atoms with E-state index in [0.717, 1.165) is 108 Å². The number of amides is 2. The zero-order chi connectivity index (χ0) is 21.5. The number of aryl methyl sites for hydroxylation is 2. The van der Waals surface area contributed by atoms with Crippen LogP contribution in [0.25, 0.3) is 10.2 Å². The van der Waals surface area contributed by atoms with Crippen molar-refractivity contribution in [3.8, 4) is 0 Å². The monoisotopic (exact) mass is 456 g/mol. The molecule has 0 saturated carbocycles. The molecule has 4 aliphatic rings. The first-order valence-corrected chi connectivity index (χ1v) is 13.0. The van der Waals surface area contributed by atoms with Crippen molar-refractivity contribution in [1.29, 1.82) is 0 Å². The van der Waals surface area contributed by atoms with Gasteiger partial charge < -0.3 is 19.4 Å². The van der Waals surface area contributed by atoms with Crippen LogP contribution in [0, 0.1) is 0 Å². The van der Waals surface area contributed by atoms with Gasteiger partial charge >= 0.3 is 6.03 Å². The van der Waals surface area contributed by atoms with Gasteiger partial charge in [0.1, 0.15) is 16.5 Å². The van der Waals surface area contributed by atoms with Crippen molar-refractivity contribution in [2.24, 2.45) is 0 Å². The fourth-order valence-corrected chi connectivity index (χ4v) is 6.77. The van der Waals surface area contributed by atoms with E-state index in [0.29, 0.717) is 0 Å². The van der Waals surface area contributed by atoms with Crippen LogP contribution in [0.15, 0.2) is 0 Å². The number of fused-ring (bicyclic) bond motifs is 3. The van der Waals surface area contributed by atoms with Crippen molar-refractivity contribution in [2.75, 3.05) is 70.5 Å². The second kappa shape index (κ2) is 8.76. The van der Waals surface area contributed by atoms with Gasteiger partial charge in [-0.05, 0) is 37.7 Å². The van der Waals surface area contributed by atoms with E-state index in [-0.39, 0.29) is 6.03 Å². The van der Waals surface area contributed by atoms with Gasteiger partial charge in [-0.3, -0.25) is 4.90 Å². The number of anilines is 1. The molecule has 2 aromatic rings. The minimum Gasteiger partial charge on any atom is -0.379 e. The van der Waals surface area contributed by atoms with Gasteiger partial charge in [0.25, 0.3) is 0 Å². The summed E-state index contributed by atoms with van der Waals surface area (Å²) in [4.78, 5) is 34.5. The Kier molecular flexibility index (Phi) is 5.64. The lowest BCUT2D eigenvalue weighted by Gasteiger charge is -2.37. The lowest BCUT2D eigenvalue weighted by atomic mass is 10.1. The minimum absolute atomic E-state index is 0.222. The number of carbonyl (C=O) groups excluding carboxylic acids is 1. The molecule has 2 amide bonds. The molecule has 9 heteroatoms. The highest BCUT2D eigenvalue weighted by molar-refractivity contribution is 7.19. The average Bonchev–Trinajstić information content (AvgIpc) is 3.57. The van der Waals surface area contributed by atoms with Crippen LogP contribution >= 0.6 is 11.3 Å². The third kappa shape index (κ3) is 3.84. The molecule has 0 radical (unpaired) electrons. The largest absolute Gasteiger partial charge is 0.379 e. The highest BCUT2D eigenvalue weighted by Gasteiger charge is 2.30. The lowest BCUT2D eigenvalue weighted by molar-refractivity contribution is 0.0331. The smallest absolute Gasteiger partial charge is 0.320 e. The van der Waals surface area contributed by atoms with Crippen molar-refractivity contribution < 1.29 is 9.53 Å². The maximum atomic E-state index is 12.8. The summed E-state index contributed by atoms with van der Waals surface area (Å²) in [6.45, 7) is 9.28. The molecule has 2 aromatic heterocycles. The number of hydrogen-bond acceptors (Lipinski definition) is 7. The van der Waals surface area contributed by atoms with Crippen molar-refractivity contribution in [3.63, 3.8) is 0 Å². The number of rotatable bonds is 3. The summed E-state index contributed by atoms with van der Waals surface area (Å²) >= 11 is 1.87. The maximum absolute atomic E-state index is 12.8. The molecule has 0 unspecified atom stereocenters. The predicted molar refractivity (Wildman–Crippen MR) is 126 cm³/mol. The Morgan fingerprint density at radius 3 is 2.41 bits per heavy atom. The Morgan fingerprint density at radius 2 is 1.62 bits per heavy atom. The number of urea groups is 1. The van der Waals surface area contributed by atoms with Gasteiger partial charge in [-0.2, -0.15) is 0 Å². The molecule has 0 N–H and O–H groups in total. The quantitative estimate of drug-likeness (QED) is 0.707. The van der Waals surface area contributed by atoms with Gasteiger partial charge in [0.2, 0.25) is 0 Å². The number of morpholine rings is 1. The SMILES string of the molecule is O=C(N1CCCC1)N1CCN(c2nc(CN3CCOCC3)nc3sc4c(c23)CCC4)CC1. The molecule has 3 aliphatic heterocycles. The van der Waals surface area contributed by atoms with Gasteiger partial charge in [0.15, 0.2) is 0 Å². The van der Waals surface area contributed by atoms with Gasteiger partial charge in [-0.1, -0.05) is 0 Å². The number of likely N-dealkylation sites (tertiary alicyclic amines) is 1. The van der Waals surface area contributed by atoms with Crippen LogP contribution in [-0.2, 0) is 24.1 Å². The number of piperazine rings is 1. The van der Waals surface area contributed by atoms with Gasteiger partial charge in [0, 0.05) is 57.2 Å². The summed E-state index contributed by atoms with van der Waals surface area (Å²) in [5.74, 6) is 2.02. The molecule has 0 bridgehead atoms. The van der Waals surface area contributed by atoms with E-state index in [9.17, 15) is 4.79 Å². The summed E-state index contributed by atoms with van der Waals surface area (Å²) in [6.07, 6.45) is 5.83. The molecule has 0 atom stereocenters. The zero-order valence-corrected chi connectivity index (χ0v) is 19.5. The first-order valence-electron chi connectivity index (χ1n) is 12.2. The molecular weight excluding hydrogens is 424 g/mol. The average molecular weight is 457 g/mol. The minimum atomic E-state index is 0.222. The van der Waals surface area contributed by atoms with E-state index in [4.69, 9.17) is 14.7 Å². The fourth-order valence-electron chi connectivity index (χ4n) is 5.50. The van der Waals surface area contributed by atoms with Crippen LogP contribution in [0.4, 0.5) is 10.6 Å². The summed E-state index contributed by atoms with van der Waals surface area (Å²) in [5, 5.41) is 1.28. The van der Waals surface area contributed by atoms with Crippen molar-refractivity contribution in [1.82, 2.24) is 24.7 Å². The Morgan fingerprint density at radius 1 is 0.875 bits per heavy atom.